The van der Waals surface area contributed by atoms with Crippen LogP contribution in [0.2, 0.25) is 0 Å². The number of nitrogens with one attached hydrogen (secondary N) is 1. The van der Waals surface area contributed by atoms with Gasteiger partial charge in [-0.25, -0.2) is 8.42 Å². The van der Waals surface area contributed by atoms with Crippen molar-refractivity contribution in [1.82, 2.24) is 9.62 Å². The van der Waals surface area contributed by atoms with E-state index in [-0.39, 0.29) is 16.8 Å². The number of benzene rings is 1. The number of rotatable bonds is 6. The van der Waals surface area contributed by atoms with E-state index < -0.39 is 10.0 Å². The summed E-state index contributed by atoms with van der Waals surface area (Å²) in [5, 5.41) is 4.81. The van der Waals surface area contributed by atoms with Gasteiger partial charge in [0.1, 0.15) is 0 Å². The van der Waals surface area contributed by atoms with Gasteiger partial charge in [0.2, 0.25) is 10.0 Å². The van der Waals surface area contributed by atoms with Crippen molar-refractivity contribution < 1.29 is 13.2 Å². The maximum atomic E-state index is 12.5. The first kappa shape index (κ1) is 18.6. The molecule has 130 valence electrons. The fourth-order valence-electron chi connectivity index (χ4n) is 2.09. The summed E-state index contributed by atoms with van der Waals surface area (Å²) in [6.45, 7) is 6.03. The maximum Gasteiger partial charge on any atom is 0.251 e. The van der Waals surface area contributed by atoms with Crippen LogP contribution in [-0.4, -0.2) is 31.7 Å². The molecule has 0 aliphatic rings. The molecule has 1 aromatic heterocycles. The molecule has 0 aliphatic carbocycles. The van der Waals surface area contributed by atoms with Crippen molar-refractivity contribution in [1.29, 1.82) is 0 Å². The quantitative estimate of drug-likeness (QED) is 0.854. The Labute approximate surface area is 147 Å². The van der Waals surface area contributed by atoms with E-state index in [4.69, 9.17) is 0 Å². The van der Waals surface area contributed by atoms with Crippen LogP contribution in [-0.2, 0) is 16.6 Å². The normalized spacial score (nSPS) is 11.9. The third-order valence-corrected chi connectivity index (χ3v) is 6.93. The van der Waals surface area contributed by atoms with E-state index in [1.165, 1.54) is 23.5 Å². The highest BCUT2D eigenvalue weighted by Gasteiger charge is 2.23. The van der Waals surface area contributed by atoms with Gasteiger partial charge in [-0.1, -0.05) is 6.07 Å². The molecule has 0 saturated heterocycles. The molecule has 0 radical (unpaired) electrons. The van der Waals surface area contributed by atoms with E-state index in [1.54, 1.807) is 37.3 Å². The van der Waals surface area contributed by atoms with Gasteiger partial charge in [-0.3, -0.25) is 4.79 Å². The number of nitrogens with zero attached hydrogens (tertiary/aromatic N) is 1. The molecule has 1 heterocycles. The van der Waals surface area contributed by atoms with Crippen LogP contribution < -0.4 is 5.32 Å². The Kier molecular flexibility index (Phi) is 5.79. The minimum atomic E-state index is -3.60. The molecular weight excluding hydrogens is 344 g/mol. The largest absolute Gasteiger partial charge is 0.347 e. The molecular formula is C17H22N2O3S2. The molecule has 1 amide bonds. The molecule has 0 unspecified atom stereocenters. The molecule has 7 heteroatoms. The van der Waals surface area contributed by atoms with Crippen molar-refractivity contribution in [2.45, 2.75) is 38.3 Å². The van der Waals surface area contributed by atoms with Crippen LogP contribution in [0.15, 0.2) is 40.6 Å². The van der Waals surface area contributed by atoms with Gasteiger partial charge in [-0.15, -0.1) is 11.3 Å². The Bertz CT molecular complexity index is 826. The zero-order valence-electron chi connectivity index (χ0n) is 14.2. The van der Waals surface area contributed by atoms with Gasteiger partial charge in [-0.05, 0) is 56.0 Å². The highest BCUT2D eigenvalue weighted by Crippen LogP contribution is 2.19. The molecule has 2 rings (SSSR count). The summed E-state index contributed by atoms with van der Waals surface area (Å²) in [6.07, 6.45) is 0. The van der Waals surface area contributed by atoms with E-state index in [9.17, 15) is 13.2 Å². The van der Waals surface area contributed by atoms with Crippen molar-refractivity contribution >= 4 is 27.3 Å². The average molecular weight is 367 g/mol. The predicted octanol–water partition coefficient (Wildman–Crippen LogP) is 3.02. The minimum Gasteiger partial charge on any atom is -0.347 e. The predicted molar refractivity (Wildman–Crippen MR) is 96.8 cm³/mol. The molecule has 1 aromatic carbocycles. The summed E-state index contributed by atoms with van der Waals surface area (Å²) in [4.78, 5) is 13.5. The van der Waals surface area contributed by atoms with Gasteiger partial charge in [0, 0.05) is 23.5 Å². The Morgan fingerprint density at radius 2 is 2.00 bits per heavy atom. The van der Waals surface area contributed by atoms with Crippen molar-refractivity contribution in [3.63, 3.8) is 0 Å². The van der Waals surface area contributed by atoms with Gasteiger partial charge in [-0.2, -0.15) is 4.31 Å². The second-order valence-corrected chi connectivity index (χ2v) is 8.85. The number of sulfonamides is 1. The Balaban J connectivity index is 2.18. The first-order chi connectivity index (χ1) is 11.2. The first-order valence-electron chi connectivity index (χ1n) is 7.62. The summed E-state index contributed by atoms with van der Waals surface area (Å²) in [6, 6.07) is 7.98. The zero-order chi connectivity index (χ0) is 17.9. The van der Waals surface area contributed by atoms with Gasteiger partial charge >= 0.3 is 0 Å². The third kappa shape index (κ3) is 4.03. The summed E-state index contributed by atoms with van der Waals surface area (Å²) < 4.78 is 26.4. The van der Waals surface area contributed by atoms with E-state index in [1.807, 2.05) is 18.4 Å². The zero-order valence-corrected chi connectivity index (χ0v) is 15.9. The van der Waals surface area contributed by atoms with Gasteiger partial charge in [0.15, 0.2) is 0 Å². The van der Waals surface area contributed by atoms with Crippen LogP contribution in [0.4, 0.5) is 0 Å². The lowest BCUT2D eigenvalue weighted by Crippen LogP contribution is -2.33. The summed E-state index contributed by atoms with van der Waals surface area (Å²) in [5.74, 6) is -0.285. The highest BCUT2D eigenvalue weighted by molar-refractivity contribution is 7.89. The molecule has 0 spiro atoms. The molecule has 2 aromatic rings. The van der Waals surface area contributed by atoms with Gasteiger partial charge < -0.3 is 5.32 Å². The molecule has 0 aliphatic heterocycles. The summed E-state index contributed by atoms with van der Waals surface area (Å²) >= 11 is 1.58. The number of amides is 1. The average Bonchev–Trinajstić information content (AvgIpc) is 2.97. The van der Waals surface area contributed by atoms with Crippen LogP contribution in [0.3, 0.4) is 0 Å². The van der Waals surface area contributed by atoms with Crippen molar-refractivity contribution in [2.24, 2.45) is 0 Å². The number of hydrogen-bond acceptors (Lipinski definition) is 4. The van der Waals surface area contributed by atoms with Crippen LogP contribution >= 0.6 is 11.3 Å². The van der Waals surface area contributed by atoms with Crippen molar-refractivity contribution in [2.75, 3.05) is 7.05 Å². The van der Waals surface area contributed by atoms with E-state index in [0.29, 0.717) is 12.1 Å². The summed E-state index contributed by atoms with van der Waals surface area (Å²) in [5.41, 5.74) is 1.47. The molecule has 0 bridgehead atoms. The molecule has 0 atom stereocenters. The molecule has 1 N–H and O–H groups in total. The lowest BCUT2D eigenvalue weighted by molar-refractivity contribution is 0.0951. The van der Waals surface area contributed by atoms with Crippen LogP contribution in [0.1, 0.15) is 34.6 Å². The standard InChI is InChI=1S/C17H22N2O3S2/c1-12(2)19(4)24(21,22)15-7-5-6-14(10-15)17(20)18-11-16-13(3)8-9-23-16/h5-10,12H,11H2,1-4H3,(H,18,20). The SMILES string of the molecule is Cc1ccsc1CNC(=O)c1cccc(S(=O)(=O)N(C)C(C)C)c1. The monoisotopic (exact) mass is 366 g/mol. The molecule has 24 heavy (non-hydrogen) atoms. The van der Waals surface area contributed by atoms with Crippen LogP contribution in [0, 0.1) is 6.92 Å². The molecule has 0 saturated carbocycles. The number of thiophene rings is 1. The smallest absolute Gasteiger partial charge is 0.251 e. The highest BCUT2D eigenvalue weighted by atomic mass is 32.2. The lowest BCUT2D eigenvalue weighted by atomic mass is 10.2. The van der Waals surface area contributed by atoms with E-state index >= 15 is 0 Å². The Morgan fingerprint density at radius 3 is 2.58 bits per heavy atom. The minimum absolute atomic E-state index is 0.124. The first-order valence-corrected chi connectivity index (χ1v) is 9.94. The Morgan fingerprint density at radius 1 is 1.29 bits per heavy atom. The second-order valence-electron chi connectivity index (χ2n) is 5.85. The fraction of sp³-hybridized carbons (Fsp3) is 0.353. The fourth-order valence-corrected chi connectivity index (χ4v) is 4.35. The van der Waals surface area contributed by atoms with E-state index in [2.05, 4.69) is 5.32 Å². The third-order valence-electron chi connectivity index (χ3n) is 3.88. The number of hydrogen-bond donors (Lipinski definition) is 1. The van der Waals surface area contributed by atoms with Crippen molar-refractivity contribution in [3.8, 4) is 0 Å². The number of carbonyl (C=O) groups is 1. The Hall–Kier alpha value is -1.70. The van der Waals surface area contributed by atoms with Gasteiger partial charge in [0.05, 0.1) is 11.4 Å². The number of carbonyl (C=O) groups excluding carboxylic acids is 1. The summed E-state index contributed by atoms with van der Waals surface area (Å²) in [7, 11) is -2.07. The maximum absolute atomic E-state index is 12.5. The molecule has 0 fully saturated rings. The lowest BCUT2D eigenvalue weighted by Gasteiger charge is -2.21. The van der Waals surface area contributed by atoms with Crippen LogP contribution in [0.25, 0.3) is 0 Å². The van der Waals surface area contributed by atoms with Crippen LogP contribution in [0.5, 0.6) is 0 Å². The second kappa shape index (κ2) is 7.46. The number of aryl methyl sites for hydroxylation is 1. The topological polar surface area (TPSA) is 66.5 Å². The van der Waals surface area contributed by atoms with E-state index in [0.717, 1.165) is 10.4 Å². The van der Waals surface area contributed by atoms with Crippen molar-refractivity contribution in [3.05, 3.63) is 51.7 Å². The van der Waals surface area contributed by atoms with Gasteiger partial charge in [0.25, 0.3) is 5.91 Å². The molecule has 5 nitrogen and oxygen atoms in total.